The number of piperidine rings is 1. The van der Waals surface area contributed by atoms with Gasteiger partial charge in [0.05, 0.1) is 0 Å². The number of amides is 3. The first kappa shape index (κ1) is 19.4. The molecule has 1 aromatic rings. The molecule has 1 atom stereocenters. The number of nitrogens with zero attached hydrogens (tertiary/aromatic N) is 2. The van der Waals surface area contributed by atoms with Crippen molar-refractivity contribution in [1.29, 1.82) is 0 Å². The predicted octanol–water partition coefficient (Wildman–Crippen LogP) is 2.12. The molecule has 3 amide bonds. The summed E-state index contributed by atoms with van der Waals surface area (Å²) in [6, 6.07) is 7.25. The van der Waals surface area contributed by atoms with Crippen LogP contribution in [0.3, 0.4) is 0 Å². The molecular formula is C21H29N3O3. The molecule has 3 rings (SSSR count). The van der Waals surface area contributed by atoms with Crippen LogP contribution in [0.2, 0.25) is 0 Å². The fourth-order valence-corrected chi connectivity index (χ4v) is 4.03. The SMILES string of the molecule is CC(=O)N1c2ccccc2C[C@H]1C(=O)NC1CCN(C(=O)CC(C)C)CC1. The summed E-state index contributed by atoms with van der Waals surface area (Å²) in [4.78, 5) is 40.7. The lowest BCUT2D eigenvalue weighted by atomic mass is 10.0. The number of carbonyl (C=O) groups excluding carboxylic acids is 3. The van der Waals surface area contributed by atoms with Gasteiger partial charge >= 0.3 is 0 Å². The van der Waals surface area contributed by atoms with E-state index in [9.17, 15) is 14.4 Å². The molecule has 1 saturated heterocycles. The molecule has 1 aromatic carbocycles. The zero-order chi connectivity index (χ0) is 19.6. The monoisotopic (exact) mass is 371 g/mol. The Morgan fingerprint density at radius 3 is 2.44 bits per heavy atom. The summed E-state index contributed by atoms with van der Waals surface area (Å²) in [7, 11) is 0. The highest BCUT2D eigenvalue weighted by Gasteiger charge is 2.37. The summed E-state index contributed by atoms with van der Waals surface area (Å²) >= 11 is 0. The molecule has 0 unspecified atom stereocenters. The lowest BCUT2D eigenvalue weighted by Crippen LogP contribution is -2.53. The molecule has 2 aliphatic rings. The van der Waals surface area contributed by atoms with Crippen LogP contribution in [0, 0.1) is 5.92 Å². The van der Waals surface area contributed by atoms with E-state index in [-0.39, 0.29) is 23.8 Å². The van der Waals surface area contributed by atoms with Crippen molar-refractivity contribution in [3.05, 3.63) is 29.8 Å². The van der Waals surface area contributed by atoms with Gasteiger partial charge in [-0.2, -0.15) is 0 Å². The Morgan fingerprint density at radius 2 is 1.81 bits per heavy atom. The maximum Gasteiger partial charge on any atom is 0.243 e. The van der Waals surface area contributed by atoms with Gasteiger partial charge in [0.25, 0.3) is 0 Å². The highest BCUT2D eigenvalue weighted by atomic mass is 16.2. The van der Waals surface area contributed by atoms with E-state index in [4.69, 9.17) is 0 Å². The van der Waals surface area contributed by atoms with Crippen molar-refractivity contribution in [2.24, 2.45) is 5.92 Å². The zero-order valence-corrected chi connectivity index (χ0v) is 16.4. The third-order valence-corrected chi connectivity index (χ3v) is 5.39. The molecule has 2 heterocycles. The number of benzene rings is 1. The molecule has 0 saturated carbocycles. The van der Waals surface area contributed by atoms with Gasteiger partial charge in [-0.05, 0) is 30.4 Å². The van der Waals surface area contributed by atoms with E-state index in [0.717, 1.165) is 24.1 Å². The Kier molecular flexibility index (Phi) is 5.82. The van der Waals surface area contributed by atoms with Crippen molar-refractivity contribution in [2.45, 2.75) is 58.5 Å². The second kappa shape index (κ2) is 8.11. The Hall–Kier alpha value is -2.37. The van der Waals surface area contributed by atoms with Crippen molar-refractivity contribution in [3.63, 3.8) is 0 Å². The second-order valence-corrected chi connectivity index (χ2v) is 8.00. The van der Waals surface area contributed by atoms with E-state index in [2.05, 4.69) is 5.32 Å². The lowest BCUT2D eigenvalue weighted by molar-refractivity contribution is -0.133. The number of hydrogen-bond acceptors (Lipinski definition) is 3. The maximum absolute atomic E-state index is 12.9. The minimum Gasteiger partial charge on any atom is -0.351 e. The van der Waals surface area contributed by atoms with Crippen molar-refractivity contribution < 1.29 is 14.4 Å². The Bertz CT molecular complexity index is 723. The number of carbonyl (C=O) groups is 3. The molecule has 0 radical (unpaired) electrons. The minimum atomic E-state index is -0.486. The fraction of sp³-hybridized carbons (Fsp3) is 0.571. The summed E-state index contributed by atoms with van der Waals surface area (Å²) < 4.78 is 0. The summed E-state index contributed by atoms with van der Waals surface area (Å²) in [5.74, 6) is 0.336. The number of anilines is 1. The van der Waals surface area contributed by atoms with Crippen molar-refractivity contribution in [2.75, 3.05) is 18.0 Å². The standard InChI is InChI=1S/C21H29N3O3/c1-14(2)12-20(26)23-10-8-17(9-11-23)22-21(27)19-13-16-6-4-5-7-18(16)24(19)15(3)25/h4-7,14,17,19H,8-13H2,1-3H3,(H,22,27)/t19-/m0/s1. The van der Waals surface area contributed by atoms with Gasteiger partial charge in [-0.15, -0.1) is 0 Å². The third kappa shape index (κ3) is 4.31. The molecule has 6 nitrogen and oxygen atoms in total. The number of likely N-dealkylation sites (tertiary alicyclic amines) is 1. The van der Waals surface area contributed by atoms with Crippen LogP contribution < -0.4 is 10.2 Å². The molecule has 2 aliphatic heterocycles. The maximum atomic E-state index is 12.9. The van der Waals surface area contributed by atoms with Gasteiger partial charge in [0.2, 0.25) is 17.7 Å². The number of nitrogens with one attached hydrogen (secondary N) is 1. The van der Waals surface area contributed by atoms with E-state index >= 15 is 0 Å². The molecule has 0 bridgehead atoms. The number of rotatable bonds is 4. The van der Waals surface area contributed by atoms with Crippen LogP contribution in [-0.2, 0) is 20.8 Å². The largest absolute Gasteiger partial charge is 0.351 e. The Morgan fingerprint density at radius 1 is 1.15 bits per heavy atom. The molecule has 0 aliphatic carbocycles. The first-order valence-corrected chi connectivity index (χ1v) is 9.82. The summed E-state index contributed by atoms with van der Waals surface area (Å²) in [6.45, 7) is 6.95. The molecule has 6 heteroatoms. The van der Waals surface area contributed by atoms with Crippen molar-refractivity contribution in [1.82, 2.24) is 10.2 Å². The van der Waals surface area contributed by atoms with E-state index < -0.39 is 6.04 Å². The zero-order valence-electron chi connectivity index (χ0n) is 16.4. The van der Waals surface area contributed by atoms with Crippen LogP contribution >= 0.6 is 0 Å². The number of hydrogen-bond donors (Lipinski definition) is 1. The minimum absolute atomic E-state index is 0.0538. The van der Waals surface area contributed by atoms with Gasteiger partial charge in [0.15, 0.2) is 0 Å². The summed E-state index contributed by atoms with van der Waals surface area (Å²) in [5.41, 5.74) is 1.86. The average Bonchev–Trinajstić information content (AvgIpc) is 3.01. The predicted molar refractivity (Wildman–Crippen MR) is 104 cm³/mol. The van der Waals surface area contributed by atoms with Gasteiger partial charge in [-0.3, -0.25) is 19.3 Å². The van der Waals surface area contributed by atoms with Crippen LogP contribution in [0.4, 0.5) is 5.69 Å². The van der Waals surface area contributed by atoms with Crippen LogP contribution in [0.1, 0.15) is 45.6 Å². The van der Waals surface area contributed by atoms with Crippen LogP contribution in [0.15, 0.2) is 24.3 Å². The van der Waals surface area contributed by atoms with Crippen molar-refractivity contribution >= 4 is 23.4 Å². The highest BCUT2D eigenvalue weighted by molar-refractivity contribution is 6.02. The highest BCUT2D eigenvalue weighted by Crippen LogP contribution is 2.32. The van der Waals surface area contributed by atoms with Crippen LogP contribution in [0.5, 0.6) is 0 Å². The van der Waals surface area contributed by atoms with Crippen LogP contribution in [0.25, 0.3) is 0 Å². The molecule has 27 heavy (non-hydrogen) atoms. The van der Waals surface area contributed by atoms with Gasteiger partial charge in [-0.1, -0.05) is 32.0 Å². The molecule has 0 spiro atoms. The lowest BCUT2D eigenvalue weighted by Gasteiger charge is -2.34. The Balaban J connectivity index is 1.57. The van der Waals surface area contributed by atoms with Crippen LogP contribution in [-0.4, -0.2) is 47.8 Å². The second-order valence-electron chi connectivity index (χ2n) is 8.00. The number of para-hydroxylation sites is 1. The molecule has 1 fully saturated rings. The average molecular weight is 371 g/mol. The van der Waals surface area contributed by atoms with Gasteiger partial charge in [0.1, 0.15) is 6.04 Å². The van der Waals surface area contributed by atoms with Gasteiger partial charge in [0, 0.05) is 44.6 Å². The Labute approximate surface area is 160 Å². The topological polar surface area (TPSA) is 69.7 Å². The van der Waals surface area contributed by atoms with Gasteiger partial charge in [-0.25, -0.2) is 0 Å². The van der Waals surface area contributed by atoms with Gasteiger partial charge < -0.3 is 10.2 Å². The van der Waals surface area contributed by atoms with E-state index in [1.807, 2.05) is 43.0 Å². The number of fused-ring (bicyclic) bond motifs is 1. The first-order chi connectivity index (χ1) is 12.9. The first-order valence-electron chi connectivity index (χ1n) is 9.82. The van der Waals surface area contributed by atoms with E-state index in [0.29, 0.717) is 31.8 Å². The van der Waals surface area contributed by atoms with E-state index in [1.54, 1.807) is 4.90 Å². The quantitative estimate of drug-likeness (QED) is 0.881. The smallest absolute Gasteiger partial charge is 0.243 e. The fourth-order valence-electron chi connectivity index (χ4n) is 4.03. The summed E-state index contributed by atoms with van der Waals surface area (Å²) in [6.07, 6.45) is 2.64. The van der Waals surface area contributed by atoms with Crippen molar-refractivity contribution in [3.8, 4) is 0 Å². The molecule has 1 N–H and O–H groups in total. The molecular weight excluding hydrogens is 342 g/mol. The van der Waals surface area contributed by atoms with E-state index in [1.165, 1.54) is 6.92 Å². The summed E-state index contributed by atoms with van der Waals surface area (Å²) in [5, 5.41) is 3.11. The normalized spacial score (nSPS) is 19.9. The third-order valence-electron chi connectivity index (χ3n) is 5.39. The molecule has 0 aromatic heterocycles. The molecule has 146 valence electrons.